The number of hydrogen-bond donors (Lipinski definition) is 0. The van der Waals surface area contributed by atoms with Crippen LogP contribution < -0.4 is 4.90 Å². The Kier molecular flexibility index (Phi) is 5.03. The molecule has 0 aliphatic carbocycles. The Bertz CT molecular complexity index is 420. The van der Waals surface area contributed by atoms with E-state index in [9.17, 15) is 0 Å². The van der Waals surface area contributed by atoms with Crippen molar-refractivity contribution in [2.24, 2.45) is 0 Å². The second-order valence-electron chi connectivity index (χ2n) is 5.74. The van der Waals surface area contributed by atoms with Crippen molar-refractivity contribution in [3.63, 3.8) is 0 Å². The predicted octanol–water partition coefficient (Wildman–Crippen LogP) is 3.90. The molecule has 1 fully saturated rings. The maximum absolute atomic E-state index is 6.14. The Morgan fingerprint density at radius 2 is 2.11 bits per heavy atom. The van der Waals surface area contributed by atoms with Crippen LogP contribution in [-0.2, 0) is 0 Å². The largest absolute Gasteiger partial charge is 0.337 e. The van der Waals surface area contributed by atoms with Crippen LogP contribution in [0.2, 0.25) is 0 Å². The van der Waals surface area contributed by atoms with Gasteiger partial charge >= 0.3 is 0 Å². The Morgan fingerprint density at radius 3 is 2.79 bits per heavy atom. The van der Waals surface area contributed by atoms with Crippen molar-refractivity contribution in [1.29, 1.82) is 0 Å². The van der Waals surface area contributed by atoms with Gasteiger partial charge in [-0.2, -0.15) is 0 Å². The lowest BCUT2D eigenvalue weighted by Gasteiger charge is -2.29. The third kappa shape index (κ3) is 3.59. The highest BCUT2D eigenvalue weighted by Crippen LogP contribution is 2.24. The van der Waals surface area contributed by atoms with E-state index in [2.05, 4.69) is 29.8 Å². The zero-order chi connectivity index (χ0) is 13.8. The molecule has 0 amide bonds. The van der Waals surface area contributed by atoms with E-state index in [0.29, 0.717) is 17.8 Å². The number of halogens is 1. The van der Waals surface area contributed by atoms with Crippen molar-refractivity contribution in [2.75, 3.05) is 17.3 Å². The van der Waals surface area contributed by atoms with Gasteiger partial charge in [0.2, 0.25) is 5.95 Å². The first-order valence-corrected chi connectivity index (χ1v) is 7.83. The van der Waals surface area contributed by atoms with Crippen molar-refractivity contribution < 1.29 is 0 Å². The molecular weight excluding hydrogens is 258 g/mol. The molecule has 1 aromatic heterocycles. The van der Waals surface area contributed by atoms with Gasteiger partial charge in [0, 0.05) is 29.9 Å². The van der Waals surface area contributed by atoms with Gasteiger partial charge in [-0.25, -0.2) is 9.97 Å². The maximum atomic E-state index is 6.14. The first-order chi connectivity index (χ1) is 9.11. The van der Waals surface area contributed by atoms with Crippen molar-refractivity contribution in [2.45, 2.75) is 58.4 Å². The molecule has 4 heteroatoms. The van der Waals surface area contributed by atoms with Crippen molar-refractivity contribution in [3.05, 3.63) is 17.5 Å². The summed E-state index contributed by atoms with van der Waals surface area (Å²) in [5.74, 6) is 1.96. The molecule has 2 rings (SSSR count). The molecule has 106 valence electrons. The highest BCUT2D eigenvalue weighted by molar-refractivity contribution is 6.18. The summed E-state index contributed by atoms with van der Waals surface area (Å²) in [6.07, 6.45) is 4.91. The minimum atomic E-state index is 0.381. The summed E-state index contributed by atoms with van der Waals surface area (Å²) in [6.45, 7) is 7.42. The first kappa shape index (κ1) is 14.6. The van der Waals surface area contributed by atoms with Gasteiger partial charge in [0.25, 0.3) is 0 Å². The number of aromatic nitrogens is 2. The molecule has 1 unspecified atom stereocenters. The van der Waals surface area contributed by atoms with Crippen LogP contribution >= 0.6 is 11.6 Å². The topological polar surface area (TPSA) is 29.0 Å². The molecule has 1 atom stereocenters. The Morgan fingerprint density at radius 1 is 1.32 bits per heavy atom. The van der Waals surface area contributed by atoms with E-state index < -0.39 is 0 Å². The molecule has 1 aromatic rings. The van der Waals surface area contributed by atoms with Crippen LogP contribution in [0.15, 0.2) is 6.07 Å². The minimum absolute atomic E-state index is 0.381. The van der Waals surface area contributed by atoms with Crippen LogP contribution in [-0.4, -0.2) is 28.4 Å². The van der Waals surface area contributed by atoms with Crippen molar-refractivity contribution in [3.8, 4) is 0 Å². The number of nitrogens with zero attached hydrogens (tertiary/aromatic N) is 3. The molecule has 0 radical (unpaired) electrons. The van der Waals surface area contributed by atoms with Crippen LogP contribution in [0.25, 0.3) is 0 Å². The quantitative estimate of drug-likeness (QED) is 0.787. The number of aryl methyl sites for hydroxylation is 1. The molecule has 1 saturated heterocycles. The molecule has 0 saturated carbocycles. The van der Waals surface area contributed by atoms with E-state index >= 15 is 0 Å². The van der Waals surface area contributed by atoms with Crippen LogP contribution in [0.3, 0.4) is 0 Å². The minimum Gasteiger partial charge on any atom is -0.337 e. The monoisotopic (exact) mass is 281 g/mol. The normalized spacial score (nSPS) is 20.7. The zero-order valence-corrected chi connectivity index (χ0v) is 13.0. The fraction of sp³-hybridized carbons (Fsp3) is 0.733. The second kappa shape index (κ2) is 6.56. The molecule has 3 nitrogen and oxygen atoms in total. The predicted molar refractivity (Wildman–Crippen MR) is 81.2 cm³/mol. The zero-order valence-electron chi connectivity index (χ0n) is 12.2. The Balaban J connectivity index is 2.32. The molecule has 1 aliphatic heterocycles. The Hall–Kier alpha value is -0.830. The first-order valence-electron chi connectivity index (χ1n) is 7.30. The van der Waals surface area contributed by atoms with Gasteiger partial charge in [0.1, 0.15) is 0 Å². The molecule has 0 aromatic carbocycles. The molecule has 2 heterocycles. The lowest BCUT2D eigenvalue weighted by Crippen LogP contribution is -2.37. The lowest BCUT2D eigenvalue weighted by atomic mass is 10.1. The fourth-order valence-electron chi connectivity index (χ4n) is 2.60. The summed E-state index contributed by atoms with van der Waals surface area (Å²) in [7, 11) is 0. The number of rotatable bonds is 3. The molecule has 19 heavy (non-hydrogen) atoms. The third-order valence-corrected chi connectivity index (χ3v) is 4.12. The summed E-state index contributed by atoms with van der Waals surface area (Å²) in [5.41, 5.74) is 2.17. The molecule has 0 spiro atoms. The summed E-state index contributed by atoms with van der Waals surface area (Å²) < 4.78 is 0. The molecular formula is C15H24ClN3. The van der Waals surface area contributed by atoms with Gasteiger partial charge in [-0.05, 0) is 31.7 Å². The average molecular weight is 282 g/mol. The summed E-state index contributed by atoms with van der Waals surface area (Å²) in [5, 5.41) is 0. The van der Waals surface area contributed by atoms with E-state index in [1.165, 1.54) is 19.3 Å². The van der Waals surface area contributed by atoms with Gasteiger partial charge in [-0.1, -0.05) is 26.7 Å². The van der Waals surface area contributed by atoms with Gasteiger partial charge < -0.3 is 4.90 Å². The summed E-state index contributed by atoms with van der Waals surface area (Å²) in [4.78, 5) is 11.7. The SMILES string of the molecule is Cc1cc(C(C)C)nc(N2CCCCCC2CCl)n1. The van der Waals surface area contributed by atoms with Crippen LogP contribution in [0.4, 0.5) is 5.95 Å². The molecule has 0 N–H and O–H groups in total. The van der Waals surface area contributed by atoms with Crippen LogP contribution in [0, 0.1) is 6.92 Å². The van der Waals surface area contributed by atoms with E-state index in [4.69, 9.17) is 16.6 Å². The van der Waals surface area contributed by atoms with E-state index in [0.717, 1.165) is 30.3 Å². The maximum Gasteiger partial charge on any atom is 0.226 e. The standard InChI is InChI=1S/C15H24ClN3/c1-11(2)14-9-12(3)17-15(18-14)19-8-6-4-5-7-13(19)10-16/h9,11,13H,4-8,10H2,1-3H3. The second-order valence-corrected chi connectivity index (χ2v) is 6.05. The molecule has 1 aliphatic rings. The fourth-order valence-corrected chi connectivity index (χ4v) is 2.92. The van der Waals surface area contributed by atoms with Crippen molar-refractivity contribution >= 4 is 17.5 Å². The Labute approximate surface area is 121 Å². The number of anilines is 1. The van der Waals surface area contributed by atoms with Gasteiger partial charge in [0.15, 0.2) is 0 Å². The number of alkyl halides is 1. The van der Waals surface area contributed by atoms with Crippen LogP contribution in [0.1, 0.15) is 56.8 Å². The lowest BCUT2D eigenvalue weighted by molar-refractivity contribution is 0.606. The van der Waals surface area contributed by atoms with Gasteiger partial charge in [-0.15, -0.1) is 11.6 Å². The van der Waals surface area contributed by atoms with E-state index in [-0.39, 0.29) is 0 Å². The van der Waals surface area contributed by atoms with E-state index in [1.807, 2.05) is 6.92 Å². The van der Waals surface area contributed by atoms with E-state index in [1.54, 1.807) is 0 Å². The highest BCUT2D eigenvalue weighted by atomic mass is 35.5. The number of hydrogen-bond acceptors (Lipinski definition) is 3. The smallest absolute Gasteiger partial charge is 0.226 e. The van der Waals surface area contributed by atoms with Crippen LogP contribution in [0.5, 0.6) is 0 Å². The summed E-state index contributed by atoms with van der Waals surface area (Å²) in [6, 6.07) is 2.47. The average Bonchev–Trinajstić information content (AvgIpc) is 2.62. The summed E-state index contributed by atoms with van der Waals surface area (Å²) >= 11 is 6.14. The van der Waals surface area contributed by atoms with Gasteiger partial charge in [-0.3, -0.25) is 0 Å². The van der Waals surface area contributed by atoms with Gasteiger partial charge in [0.05, 0.1) is 0 Å². The third-order valence-electron chi connectivity index (χ3n) is 3.77. The molecule has 0 bridgehead atoms. The van der Waals surface area contributed by atoms with Crippen molar-refractivity contribution in [1.82, 2.24) is 9.97 Å². The highest BCUT2D eigenvalue weighted by Gasteiger charge is 2.23.